The summed E-state index contributed by atoms with van der Waals surface area (Å²) in [5, 5.41) is 12.2. The van der Waals surface area contributed by atoms with Crippen LogP contribution in [0.5, 0.6) is 5.75 Å². The number of carboxylic acid groups (broad SMARTS) is 1. The molecule has 0 aliphatic carbocycles. The van der Waals surface area contributed by atoms with Gasteiger partial charge in [0.15, 0.2) is 0 Å². The molecule has 118 valence electrons. The molecule has 2 rings (SSSR count). The molecule has 0 bridgehead atoms. The Hall–Kier alpha value is -2.50. The molecule has 1 heterocycles. The lowest BCUT2D eigenvalue weighted by Crippen LogP contribution is -2.26. The van der Waals surface area contributed by atoms with Gasteiger partial charge >= 0.3 is 5.97 Å². The maximum absolute atomic E-state index is 11.9. The highest BCUT2D eigenvalue weighted by atomic mass is 16.5. The SMILES string of the molecule is COc1ccc2c(CC(=O)NCCCCC(=O)O)coc2c1. The molecular weight excluding hydrogens is 286 g/mol. The number of hydrogen-bond donors (Lipinski definition) is 2. The molecule has 0 radical (unpaired) electrons. The van der Waals surface area contributed by atoms with Gasteiger partial charge < -0.3 is 19.6 Å². The average molecular weight is 305 g/mol. The van der Waals surface area contributed by atoms with Crippen molar-refractivity contribution in [1.82, 2.24) is 5.32 Å². The van der Waals surface area contributed by atoms with E-state index in [0.717, 1.165) is 10.9 Å². The van der Waals surface area contributed by atoms with Crippen molar-refractivity contribution in [2.75, 3.05) is 13.7 Å². The molecule has 0 aliphatic rings. The number of fused-ring (bicyclic) bond motifs is 1. The van der Waals surface area contributed by atoms with Gasteiger partial charge in [-0.15, -0.1) is 0 Å². The molecule has 2 N–H and O–H groups in total. The number of rotatable bonds is 8. The van der Waals surface area contributed by atoms with Gasteiger partial charge in [0.1, 0.15) is 11.3 Å². The summed E-state index contributed by atoms with van der Waals surface area (Å²) in [7, 11) is 1.59. The molecule has 22 heavy (non-hydrogen) atoms. The zero-order valence-electron chi connectivity index (χ0n) is 12.4. The van der Waals surface area contributed by atoms with Crippen LogP contribution >= 0.6 is 0 Å². The zero-order valence-corrected chi connectivity index (χ0v) is 12.4. The van der Waals surface area contributed by atoms with Gasteiger partial charge in [0.25, 0.3) is 0 Å². The molecule has 6 heteroatoms. The van der Waals surface area contributed by atoms with Gasteiger partial charge in [-0.1, -0.05) is 0 Å². The summed E-state index contributed by atoms with van der Waals surface area (Å²) in [6.07, 6.45) is 3.15. The van der Waals surface area contributed by atoms with Crippen LogP contribution in [-0.2, 0) is 16.0 Å². The lowest BCUT2D eigenvalue weighted by molar-refractivity contribution is -0.137. The van der Waals surface area contributed by atoms with Crippen molar-refractivity contribution in [3.05, 3.63) is 30.0 Å². The number of nitrogens with one attached hydrogen (secondary N) is 1. The number of furan rings is 1. The molecule has 0 saturated carbocycles. The zero-order chi connectivity index (χ0) is 15.9. The van der Waals surface area contributed by atoms with Crippen LogP contribution in [0.2, 0.25) is 0 Å². The average Bonchev–Trinajstić information content (AvgIpc) is 2.88. The van der Waals surface area contributed by atoms with Gasteiger partial charge in [-0.05, 0) is 25.0 Å². The number of carbonyl (C=O) groups is 2. The maximum atomic E-state index is 11.9. The van der Waals surface area contributed by atoms with Gasteiger partial charge in [0, 0.05) is 30.0 Å². The molecule has 1 aromatic carbocycles. The summed E-state index contributed by atoms with van der Waals surface area (Å²) in [4.78, 5) is 22.3. The van der Waals surface area contributed by atoms with E-state index in [-0.39, 0.29) is 18.7 Å². The fourth-order valence-corrected chi connectivity index (χ4v) is 2.19. The number of hydrogen-bond acceptors (Lipinski definition) is 4. The molecule has 2 aromatic rings. The van der Waals surface area contributed by atoms with Crippen molar-refractivity contribution in [3.8, 4) is 5.75 Å². The highest BCUT2D eigenvalue weighted by molar-refractivity contribution is 5.88. The number of carbonyl (C=O) groups excluding carboxylic acids is 1. The summed E-state index contributed by atoms with van der Waals surface area (Å²) in [5.41, 5.74) is 1.50. The maximum Gasteiger partial charge on any atom is 0.303 e. The first-order valence-corrected chi connectivity index (χ1v) is 7.12. The van der Waals surface area contributed by atoms with Gasteiger partial charge in [-0.2, -0.15) is 0 Å². The number of aliphatic carboxylic acids is 1. The molecule has 0 aliphatic heterocycles. The van der Waals surface area contributed by atoms with E-state index in [0.29, 0.717) is 30.7 Å². The smallest absolute Gasteiger partial charge is 0.303 e. The number of methoxy groups -OCH3 is 1. The van der Waals surface area contributed by atoms with Crippen LogP contribution < -0.4 is 10.1 Å². The van der Waals surface area contributed by atoms with Crippen LogP contribution in [0.4, 0.5) is 0 Å². The van der Waals surface area contributed by atoms with Crippen molar-refractivity contribution >= 4 is 22.8 Å². The minimum absolute atomic E-state index is 0.103. The van der Waals surface area contributed by atoms with Gasteiger partial charge in [-0.25, -0.2) is 0 Å². The number of amides is 1. The lowest BCUT2D eigenvalue weighted by atomic mass is 10.1. The third kappa shape index (κ3) is 4.25. The number of ether oxygens (including phenoxy) is 1. The number of benzene rings is 1. The first-order valence-electron chi connectivity index (χ1n) is 7.12. The van der Waals surface area contributed by atoms with Gasteiger partial charge in [0.05, 0.1) is 19.8 Å². The molecule has 1 amide bonds. The highest BCUT2D eigenvalue weighted by Gasteiger charge is 2.11. The van der Waals surface area contributed by atoms with Gasteiger partial charge in [-0.3, -0.25) is 9.59 Å². The Morgan fingerprint density at radius 3 is 2.86 bits per heavy atom. The first-order chi connectivity index (χ1) is 10.6. The summed E-state index contributed by atoms with van der Waals surface area (Å²) >= 11 is 0. The normalized spacial score (nSPS) is 10.6. The molecule has 0 fully saturated rings. The fourth-order valence-electron chi connectivity index (χ4n) is 2.19. The van der Waals surface area contributed by atoms with E-state index in [1.807, 2.05) is 12.1 Å². The van der Waals surface area contributed by atoms with Crippen LogP contribution in [0, 0.1) is 0 Å². The molecule has 0 spiro atoms. The second kappa shape index (κ2) is 7.49. The monoisotopic (exact) mass is 305 g/mol. The third-order valence-electron chi connectivity index (χ3n) is 3.35. The molecule has 0 atom stereocenters. The van der Waals surface area contributed by atoms with Crippen LogP contribution in [0.15, 0.2) is 28.9 Å². The topological polar surface area (TPSA) is 88.8 Å². The predicted octanol–water partition coefficient (Wildman–Crippen LogP) is 2.36. The van der Waals surface area contributed by atoms with Crippen molar-refractivity contribution in [3.63, 3.8) is 0 Å². The quantitative estimate of drug-likeness (QED) is 0.731. The van der Waals surface area contributed by atoms with Crippen LogP contribution in [-0.4, -0.2) is 30.6 Å². The van der Waals surface area contributed by atoms with E-state index in [9.17, 15) is 9.59 Å². The Kier molecular flexibility index (Phi) is 5.41. The molecular formula is C16H19NO5. The molecule has 1 aromatic heterocycles. The predicted molar refractivity (Wildman–Crippen MR) is 81.0 cm³/mol. The minimum atomic E-state index is -0.813. The van der Waals surface area contributed by atoms with Crippen LogP contribution in [0.1, 0.15) is 24.8 Å². The standard InChI is InChI=1S/C16H19NO5/c1-21-12-5-6-13-11(10-22-14(13)9-12)8-15(18)17-7-3-2-4-16(19)20/h5-6,9-10H,2-4,7-8H2,1H3,(H,17,18)(H,19,20). The first kappa shape index (κ1) is 15.9. The van der Waals surface area contributed by atoms with Crippen molar-refractivity contribution in [2.45, 2.75) is 25.7 Å². The largest absolute Gasteiger partial charge is 0.497 e. The van der Waals surface area contributed by atoms with Crippen molar-refractivity contribution < 1.29 is 23.8 Å². The second-order valence-corrected chi connectivity index (χ2v) is 5.00. The fraction of sp³-hybridized carbons (Fsp3) is 0.375. The third-order valence-corrected chi connectivity index (χ3v) is 3.35. The number of carboxylic acids is 1. The number of unbranched alkanes of at least 4 members (excludes halogenated alkanes) is 1. The highest BCUT2D eigenvalue weighted by Crippen LogP contribution is 2.25. The van der Waals surface area contributed by atoms with Crippen molar-refractivity contribution in [1.29, 1.82) is 0 Å². The summed E-state index contributed by atoms with van der Waals surface area (Å²) in [6.45, 7) is 0.482. The summed E-state index contributed by atoms with van der Waals surface area (Å²) in [5.74, 6) is -0.211. The van der Waals surface area contributed by atoms with Gasteiger partial charge in [0.2, 0.25) is 5.91 Å². The Bertz CT molecular complexity index is 662. The Balaban J connectivity index is 1.85. The van der Waals surface area contributed by atoms with E-state index in [1.165, 1.54) is 0 Å². The van der Waals surface area contributed by atoms with Crippen molar-refractivity contribution in [2.24, 2.45) is 0 Å². The molecule has 0 saturated heterocycles. The lowest BCUT2D eigenvalue weighted by Gasteiger charge is -2.04. The Labute approximate surface area is 128 Å². The summed E-state index contributed by atoms with van der Waals surface area (Å²) < 4.78 is 10.6. The molecule has 0 unspecified atom stereocenters. The van der Waals surface area contributed by atoms with E-state index in [4.69, 9.17) is 14.3 Å². The minimum Gasteiger partial charge on any atom is -0.497 e. The Morgan fingerprint density at radius 1 is 1.32 bits per heavy atom. The molecule has 6 nitrogen and oxygen atoms in total. The van der Waals surface area contributed by atoms with E-state index in [1.54, 1.807) is 19.4 Å². The van der Waals surface area contributed by atoms with E-state index >= 15 is 0 Å². The van der Waals surface area contributed by atoms with E-state index in [2.05, 4.69) is 5.32 Å². The van der Waals surface area contributed by atoms with E-state index < -0.39 is 5.97 Å². The second-order valence-electron chi connectivity index (χ2n) is 5.00. The van der Waals surface area contributed by atoms with Crippen LogP contribution in [0.25, 0.3) is 11.0 Å². The Morgan fingerprint density at radius 2 is 2.14 bits per heavy atom. The summed E-state index contributed by atoms with van der Waals surface area (Å²) in [6, 6.07) is 5.47. The van der Waals surface area contributed by atoms with Crippen LogP contribution in [0.3, 0.4) is 0 Å².